The van der Waals surface area contributed by atoms with Gasteiger partial charge >= 0.3 is 6.09 Å². The molecular weight excluding hydrogens is 739 g/mol. The first-order chi connectivity index (χ1) is 26.4. The molecule has 0 spiro atoms. The number of ether oxygens (including phenoxy) is 1. The molecule has 7 rings (SSSR count). The molecular formula is C44H55N5O5SSi. The van der Waals surface area contributed by atoms with Gasteiger partial charge < -0.3 is 19.4 Å². The Hall–Kier alpha value is -4.36. The van der Waals surface area contributed by atoms with Crippen LogP contribution < -0.4 is 10.8 Å². The van der Waals surface area contributed by atoms with Crippen molar-refractivity contribution >= 4 is 37.5 Å². The van der Waals surface area contributed by atoms with Crippen molar-refractivity contribution < 1.29 is 23.6 Å². The number of nitrogens with one attached hydrogen (secondary N) is 2. The van der Waals surface area contributed by atoms with Gasteiger partial charge in [-0.25, -0.2) is 25.1 Å². The number of thiazole rings is 1. The number of likely N-dealkylation sites (tertiary alicyclic amines) is 1. The fourth-order valence-electron chi connectivity index (χ4n) is 7.75. The number of carbonyl (C=O) groups is 2. The number of hydroxylamine groups is 1. The van der Waals surface area contributed by atoms with E-state index in [4.69, 9.17) is 19.0 Å². The van der Waals surface area contributed by atoms with Crippen LogP contribution in [0.5, 0.6) is 0 Å². The maximum atomic E-state index is 14.9. The van der Waals surface area contributed by atoms with Crippen molar-refractivity contribution in [2.75, 3.05) is 13.2 Å². The Labute approximate surface area is 336 Å². The number of aryl methyl sites for hydroxylation is 1. The predicted molar refractivity (Wildman–Crippen MR) is 225 cm³/mol. The Morgan fingerprint density at radius 2 is 1.62 bits per heavy atom. The molecule has 3 aromatic carbocycles. The van der Waals surface area contributed by atoms with Gasteiger partial charge in [-0.15, -0.1) is 11.3 Å². The van der Waals surface area contributed by atoms with E-state index < -0.39 is 37.6 Å². The topological polar surface area (TPSA) is 114 Å². The molecule has 10 nitrogen and oxygen atoms in total. The average molecular weight is 794 g/mol. The molecule has 1 aliphatic carbocycles. The maximum absolute atomic E-state index is 14.9. The Kier molecular flexibility index (Phi) is 10.6. The van der Waals surface area contributed by atoms with Crippen molar-refractivity contribution in [2.24, 2.45) is 10.4 Å². The molecule has 4 aromatic rings. The summed E-state index contributed by atoms with van der Waals surface area (Å²) in [4.78, 5) is 47.2. The highest BCUT2D eigenvalue weighted by atomic mass is 32.1. The number of rotatable bonds is 9. The molecule has 4 atom stereocenters. The first kappa shape index (κ1) is 39.9. The monoisotopic (exact) mass is 793 g/mol. The number of benzene rings is 3. The summed E-state index contributed by atoms with van der Waals surface area (Å²) in [6.45, 7) is 21.4. The number of amidine groups is 1. The van der Waals surface area contributed by atoms with Crippen LogP contribution in [0, 0.1) is 12.3 Å². The second kappa shape index (κ2) is 14.9. The number of aliphatic imine (C=N–C) groups is 1. The van der Waals surface area contributed by atoms with Crippen molar-refractivity contribution in [3.63, 3.8) is 0 Å². The van der Waals surface area contributed by atoms with Crippen LogP contribution in [0.1, 0.15) is 83.2 Å². The number of nitrogens with zero attached hydrogens (tertiary/aromatic N) is 3. The van der Waals surface area contributed by atoms with Gasteiger partial charge in [0.15, 0.2) is 8.32 Å². The standard InChI is InChI=1S/C44H55N5O5SSi/c1-27-37(55-26-45-27)28-19-21-29(22-20-28)44(8)47-39(48-54-44)36-23-30(53-56(9,10)43(5,6)7)24-49(36)40(50)38(42(2,3)4)46-41(51)52-25-35-33-17-13-11-15-31(33)32-16-12-14-18-34(32)35/h11-22,26,30,35-36,38H,23-25H2,1-10H3,(H,46,51)(H,47,48)/t30-,36+,38-,44?/m1/s1. The van der Waals surface area contributed by atoms with E-state index in [1.807, 2.05) is 81.4 Å². The van der Waals surface area contributed by atoms with Gasteiger partial charge in [0.05, 0.1) is 28.2 Å². The molecule has 0 radical (unpaired) electrons. The highest BCUT2D eigenvalue weighted by Crippen LogP contribution is 2.45. The third-order valence-electron chi connectivity index (χ3n) is 12.0. The summed E-state index contributed by atoms with van der Waals surface area (Å²) in [5, 5.41) is 2.97. The summed E-state index contributed by atoms with van der Waals surface area (Å²) in [6, 6.07) is 23.3. The zero-order valence-electron chi connectivity index (χ0n) is 34.2. The Morgan fingerprint density at radius 1 is 1.00 bits per heavy atom. The van der Waals surface area contributed by atoms with Gasteiger partial charge in [-0.2, -0.15) is 0 Å². The lowest BCUT2D eigenvalue weighted by molar-refractivity contribution is -0.136. The van der Waals surface area contributed by atoms with E-state index in [1.165, 1.54) is 0 Å². The predicted octanol–water partition coefficient (Wildman–Crippen LogP) is 9.17. The molecule has 0 saturated carbocycles. The average Bonchev–Trinajstić information content (AvgIpc) is 3.93. The zero-order chi connectivity index (χ0) is 40.2. The van der Waals surface area contributed by atoms with Gasteiger partial charge in [-0.1, -0.05) is 114 Å². The van der Waals surface area contributed by atoms with Crippen LogP contribution in [0.2, 0.25) is 18.1 Å². The van der Waals surface area contributed by atoms with Gasteiger partial charge in [-0.3, -0.25) is 4.79 Å². The molecule has 1 fully saturated rings. The summed E-state index contributed by atoms with van der Waals surface area (Å²) in [5.41, 5.74) is 10.8. The van der Waals surface area contributed by atoms with Crippen LogP contribution in [0.4, 0.5) is 4.79 Å². The lowest BCUT2D eigenvalue weighted by Crippen LogP contribution is -2.57. The van der Waals surface area contributed by atoms with Crippen LogP contribution in [-0.2, 0) is 24.5 Å². The van der Waals surface area contributed by atoms with Crippen molar-refractivity contribution in [1.82, 2.24) is 20.7 Å². The molecule has 1 aromatic heterocycles. The summed E-state index contributed by atoms with van der Waals surface area (Å²) >= 11 is 1.61. The van der Waals surface area contributed by atoms with E-state index in [1.54, 1.807) is 11.3 Å². The van der Waals surface area contributed by atoms with E-state index in [2.05, 4.69) is 86.0 Å². The Bertz CT molecular complexity index is 2090. The van der Waals surface area contributed by atoms with Crippen LogP contribution in [-0.4, -0.2) is 67.4 Å². The number of amides is 2. The van der Waals surface area contributed by atoms with Crippen molar-refractivity contribution in [3.8, 4) is 21.6 Å². The Balaban J connectivity index is 1.12. The smallest absolute Gasteiger partial charge is 0.407 e. The van der Waals surface area contributed by atoms with Crippen molar-refractivity contribution in [1.29, 1.82) is 0 Å². The van der Waals surface area contributed by atoms with E-state index in [0.29, 0.717) is 18.8 Å². The molecule has 56 heavy (non-hydrogen) atoms. The highest BCUT2D eigenvalue weighted by Gasteiger charge is 2.49. The van der Waals surface area contributed by atoms with E-state index in [9.17, 15) is 9.59 Å². The summed E-state index contributed by atoms with van der Waals surface area (Å²) < 4.78 is 12.9. The minimum Gasteiger partial charge on any atom is -0.449 e. The first-order valence-corrected chi connectivity index (χ1v) is 23.3. The zero-order valence-corrected chi connectivity index (χ0v) is 36.0. The second-order valence-electron chi connectivity index (χ2n) is 18.0. The quantitative estimate of drug-likeness (QED) is 0.163. The highest BCUT2D eigenvalue weighted by molar-refractivity contribution is 7.13. The fraction of sp³-hybridized carbons (Fsp3) is 0.455. The number of hydrogen-bond acceptors (Lipinski definition) is 9. The molecule has 2 amide bonds. The lowest BCUT2D eigenvalue weighted by atomic mass is 9.85. The van der Waals surface area contributed by atoms with Crippen LogP contribution in [0.15, 0.2) is 83.3 Å². The normalized spacial score (nSPS) is 21.6. The van der Waals surface area contributed by atoms with Gasteiger partial charge in [0.2, 0.25) is 11.6 Å². The fourth-order valence-corrected chi connectivity index (χ4v) is 9.92. The van der Waals surface area contributed by atoms with E-state index in [-0.39, 0.29) is 29.6 Å². The van der Waals surface area contributed by atoms with Gasteiger partial charge in [-0.05, 0) is 65.2 Å². The SMILES string of the molecule is Cc1ncsc1-c1ccc(C2(C)N=C([C@@H]3C[C@@H](O[Si](C)(C)C(C)(C)C)CN3C(=O)[C@@H](NC(=O)OCC3c4ccccc4-c4ccccc43)C(C)(C)C)NO2)cc1. The molecule has 1 saturated heterocycles. The second-order valence-corrected chi connectivity index (χ2v) is 23.7. The van der Waals surface area contributed by atoms with Crippen LogP contribution in [0.3, 0.4) is 0 Å². The van der Waals surface area contributed by atoms with Crippen molar-refractivity contribution in [2.45, 2.75) is 110 Å². The molecule has 1 unspecified atom stereocenters. The number of aromatic nitrogens is 1. The molecule has 3 heterocycles. The van der Waals surface area contributed by atoms with Crippen molar-refractivity contribution in [3.05, 3.63) is 101 Å². The molecule has 2 aliphatic heterocycles. The van der Waals surface area contributed by atoms with Gasteiger partial charge in [0, 0.05) is 24.4 Å². The molecule has 12 heteroatoms. The minimum atomic E-state index is -2.20. The van der Waals surface area contributed by atoms with E-state index >= 15 is 0 Å². The maximum Gasteiger partial charge on any atom is 0.407 e. The summed E-state index contributed by atoms with van der Waals surface area (Å²) in [5.74, 6) is 0.236. The molecule has 3 aliphatic rings. The molecule has 2 N–H and O–H groups in total. The van der Waals surface area contributed by atoms with E-state index in [0.717, 1.165) is 44.0 Å². The third kappa shape index (κ3) is 7.68. The third-order valence-corrected chi connectivity index (χ3v) is 17.5. The molecule has 296 valence electrons. The number of fused-ring (bicyclic) bond motifs is 3. The summed E-state index contributed by atoms with van der Waals surface area (Å²) in [7, 11) is -2.20. The lowest BCUT2D eigenvalue weighted by Gasteiger charge is -2.38. The van der Waals surface area contributed by atoms with Crippen LogP contribution >= 0.6 is 11.3 Å². The summed E-state index contributed by atoms with van der Waals surface area (Å²) in [6.07, 6.45) is -0.318. The number of carbonyl (C=O) groups excluding carboxylic acids is 2. The minimum absolute atomic E-state index is 0.0196. The molecule has 0 bridgehead atoms. The first-order valence-electron chi connectivity index (χ1n) is 19.5. The largest absolute Gasteiger partial charge is 0.449 e. The van der Waals surface area contributed by atoms with Crippen LogP contribution in [0.25, 0.3) is 21.6 Å². The Morgan fingerprint density at radius 3 is 2.20 bits per heavy atom. The van der Waals surface area contributed by atoms with Gasteiger partial charge in [0.25, 0.3) is 0 Å². The van der Waals surface area contributed by atoms with Gasteiger partial charge in [0.1, 0.15) is 18.5 Å². The number of alkyl carbamates (subject to hydrolysis) is 1. The number of hydrogen-bond donors (Lipinski definition) is 2.